The third-order valence-corrected chi connectivity index (χ3v) is 4.62. The Morgan fingerprint density at radius 3 is 2.52 bits per heavy atom. The second-order valence-corrected chi connectivity index (χ2v) is 6.54. The van der Waals surface area contributed by atoms with Gasteiger partial charge in [0.05, 0.1) is 6.04 Å². The smallest absolute Gasteiger partial charge is 0.0583 e. The highest BCUT2D eigenvalue weighted by Crippen LogP contribution is 2.32. The van der Waals surface area contributed by atoms with Gasteiger partial charge in [-0.2, -0.15) is 0 Å². The Morgan fingerprint density at radius 2 is 1.76 bits per heavy atom. The lowest BCUT2D eigenvalue weighted by Crippen LogP contribution is -2.19. The fourth-order valence-electron chi connectivity index (χ4n) is 2.95. The minimum absolute atomic E-state index is 0.214. The quantitative estimate of drug-likeness (QED) is 0.620. The van der Waals surface area contributed by atoms with Crippen molar-refractivity contribution in [2.75, 3.05) is 7.05 Å². The van der Waals surface area contributed by atoms with Crippen molar-refractivity contribution in [2.24, 2.45) is 0 Å². The van der Waals surface area contributed by atoms with Gasteiger partial charge in [-0.1, -0.05) is 48.5 Å². The molecule has 0 radical (unpaired) electrons. The van der Waals surface area contributed by atoms with Crippen LogP contribution in [0.2, 0.25) is 0 Å². The van der Waals surface area contributed by atoms with Gasteiger partial charge in [0.15, 0.2) is 0 Å². The number of fused-ring (bicyclic) bond motifs is 1. The molecule has 0 heterocycles. The Bertz CT molecular complexity index is 779. The Labute approximate surface area is 139 Å². The van der Waals surface area contributed by atoms with Crippen molar-refractivity contribution < 1.29 is 0 Å². The Balaban J connectivity index is 2.24. The summed E-state index contributed by atoms with van der Waals surface area (Å²) >= 11 is 2.37. The van der Waals surface area contributed by atoms with E-state index in [1.807, 2.05) is 7.05 Å². The minimum Gasteiger partial charge on any atom is -0.309 e. The molecule has 2 heteroatoms. The molecule has 1 N–H and O–H groups in total. The van der Waals surface area contributed by atoms with E-state index < -0.39 is 0 Å². The van der Waals surface area contributed by atoms with Crippen LogP contribution in [0.3, 0.4) is 0 Å². The van der Waals surface area contributed by atoms with Crippen LogP contribution < -0.4 is 5.32 Å². The summed E-state index contributed by atoms with van der Waals surface area (Å²) in [7, 11) is 2.03. The van der Waals surface area contributed by atoms with Gasteiger partial charge < -0.3 is 5.32 Å². The summed E-state index contributed by atoms with van der Waals surface area (Å²) < 4.78 is 1.27. The van der Waals surface area contributed by atoms with E-state index in [-0.39, 0.29) is 6.04 Å². The SMILES string of the molecule is CNC(c1cccc(I)c1)c1c(C)ccc2ccccc12. The van der Waals surface area contributed by atoms with Gasteiger partial charge in [0.2, 0.25) is 0 Å². The summed E-state index contributed by atoms with van der Waals surface area (Å²) in [6.45, 7) is 2.19. The van der Waals surface area contributed by atoms with E-state index in [9.17, 15) is 0 Å². The maximum absolute atomic E-state index is 3.49. The number of halogens is 1. The third-order valence-electron chi connectivity index (χ3n) is 3.95. The zero-order valence-electron chi connectivity index (χ0n) is 12.2. The van der Waals surface area contributed by atoms with Crippen molar-refractivity contribution in [3.8, 4) is 0 Å². The summed E-state index contributed by atoms with van der Waals surface area (Å²) in [4.78, 5) is 0. The highest BCUT2D eigenvalue weighted by Gasteiger charge is 2.17. The monoisotopic (exact) mass is 387 g/mol. The largest absolute Gasteiger partial charge is 0.309 e. The summed E-state index contributed by atoms with van der Waals surface area (Å²) in [5.41, 5.74) is 4.01. The van der Waals surface area contributed by atoms with Gasteiger partial charge >= 0.3 is 0 Å². The van der Waals surface area contributed by atoms with Gasteiger partial charge in [0.1, 0.15) is 0 Å². The highest BCUT2D eigenvalue weighted by atomic mass is 127. The molecule has 0 aliphatic carbocycles. The molecule has 0 saturated heterocycles. The molecule has 0 spiro atoms. The summed E-state index contributed by atoms with van der Waals surface area (Å²) in [6.07, 6.45) is 0. The first-order valence-electron chi connectivity index (χ1n) is 7.11. The number of aryl methyl sites for hydroxylation is 1. The topological polar surface area (TPSA) is 12.0 Å². The predicted molar refractivity (Wildman–Crippen MR) is 98.7 cm³/mol. The van der Waals surface area contributed by atoms with Crippen LogP contribution in [0.1, 0.15) is 22.7 Å². The first-order chi connectivity index (χ1) is 10.2. The van der Waals surface area contributed by atoms with Crippen LogP contribution in [0.4, 0.5) is 0 Å². The van der Waals surface area contributed by atoms with Crippen molar-refractivity contribution in [1.29, 1.82) is 0 Å². The standard InChI is InChI=1S/C19H18IN/c1-13-10-11-14-6-3-4-9-17(14)18(13)19(21-2)15-7-5-8-16(20)12-15/h3-12,19,21H,1-2H3. The average Bonchev–Trinajstić information content (AvgIpc) is 2.50. The number of benzene rings is 3. The molecular weight excluding hydrogens is 369 g/mol. The van der Waals surface area contributed by atoms with Crippen LogP contribution >= 0.6 is 22.6 Å². The Kier molecular flexibility index (Phi) is 4.27. The zero-order chi connectivity index (χ0) is 14.8. The maximum Gasteiger partial charge on any atom is 0.0583 e. The minimum atomic E-state index is 0.214. The molecule has 21 heavy (non-hydrogen) atoms. The Hall–Kier alpha value is -1.39. The van der Waals surface area contributed by atoms with Gasteiger partial charge in [-0.25, -0.2) is 0 Å². The summed E-state index contributed by atoms with van der Waals surface area (Å²) in [5.74, 6) is 0. The molecule has 0 aliphatic heterocycles. The average molecular weight is 387 g/mol. The van der Waals surface area contributed by atoms with Crippen LogP contribution in [0.5, 0.6) is 0 Å². The zero-order valence-corrected chi connectivity index (χ0v) is 14.4. The van der Waals surface area contributed by atoms with E-state index >= 15 is 0 Å². The lowest BCUT2D eigenvalue weighted by Gasteiger charge is -2.22. The van der Waals surface area contributed by atoms with Crippen molar-refractivity contribution in [2.45, 2.75) is 13.0 Å². The van der Waals surface area contributed by atoms with E-state index in [1.165, 1.54) is 31.0 Å². The lowest BCUT2D eigenvalue weighted by molar-refractivity contribution is 0.692. The molecular formula is C19H18IN. The molecule has 1 unspecified atom stereocenters. The molecule has 0 fully saturated rings. The summed E-state index contributed by atoms with van der Waals surface area (Å²) in [5, 5.41) is 6.12. The summed E-state index contributed by atoms with van der Waals surface area (Å²) in [6, 6.07) is 22.0. The second kappa shape index (κ2) is 6.16. The van der Waals surface area contributed by atoms with Crippen LogP contribution in [0.25, 0.3) is 10.8 Å². The number of rotatable bonds is 3. The van der Waals surface area contributed by atoms with Crippen LogP contribution in [-0.2, 0) is 0 Å². The number of hydrogen-bond acceptors (Lipinski definition) is 1. The fraction of sp³-hybridized carbons (Fsp3) is 0.158. The fourth-order valence-corrected chi connectivity index (χ4v) is 3.52. The van der Waals surface area contributed by atoms with E-state index in [1.54, 1.807) is 0 Å². The van der Waals surface area contributed by atoms with E-state index in [4.69, 9.17) is 0 Å². The molecule has 1 nitrogen and oxygen atoms in total. The molecule has 0 aromatic heterocycles. The molecule has 0 saturated carbocycles. The predicted octanol–water partition coefficient (Wildman–Crippen LogP) is 5.06. The highest BCUT2D eigenvalue weighted by molar-refractivity contribution is 14.1. The molecule has 106 valence electrons. The number of nitrogens with one attached hydrogen (secondary N) is 1. The van der Waals surface area contributed by atoms with Gasteiger partial charge in [-0.3, -0.25) is 0 Å². The van der Waals surface area contributed by atoms with Gasteiger partial charge in [0.25, 0.3) is 0 Å². The molecule has 3 rings (SSSR count). The maximum atomic E-state index is 3.49. The van der Waals surface area contributed by atoms with E-state index in [2.05, 4.69) is 95.5 Å². The van der Waals surface area contributed by atoms with Crippen molar-refractivity contribution in [3.63, 3.8) is 0 Å². The van der Waals surface area contributed by atoms with Gasteiger partial charge in [-0.15, -0.1) is 0 Å². The number of hydrogen-bond donors (Lipinski definition) is 1. The lowest BCUT2D eigenvalue weighted by atomic mass is 9.90. The molecule has 0 amide bonds. The van der Waals surface area contributed by atoms with Crippen LogP contribution in [-0.4, -0.2) is 7.05 Å². The normalized spacial score (nSPS) is 12.5. The molecule has 0 bridgehead atoms. The first-order valence-corrected chi connectivity index (χ1v) is 8.19. The van der Waals surface area contributed by atoms with Gasteiger partial charge in [0, 0.05) is 3.57 Å². The molecule has 0 aliphatic rings. The van der Waals surface area contributed by atoms with E-state index in [0.29, 0.717) is 0 Å². The van der Waals surface area contributed by atoms with Crippen molar-refractivity contribution in [1.82, 2.24) is 5.32 Å². The third kappa shape index (κ3) is 2.83. The first kappa shape index (κ1) is 14.5. The Morgan fingerprint density at radius 1 is 0.952 bits per heavy atom. The molecule has 3 aromatic rings. The van der Waals surface area contributed by atoms with Crippen LogP contribution in [0.15, 0.2) is 60.7 Å². The van der Waals surface area contributed by atoms with Crippen molar-refractivity contribution in [3.05, 3.63) is 80.9 Å². The molecule has 3 aromatic carbocycles. The van der Waals surface area contributed by atoms with Gasteiger partial charge in [-0.05, 0) is 76.2 Å². The van der Waals surface area contributed by atoms with Crippen molar-refractivity contribution >= 4 is 33.4 Å². The second-order valence-electron chi connectivity index (χ2n) is 5.29. The van der Waals surface area contributed by atoms with Crippen LogP contribution in [0, 0.1) is 10.5 Å². The van der Waals surface area contributed by atoms with E-state index in [0.717, 1.165) is 0 Å². The molecule has 1 atom stereocenters.